The average molecular weight is 425 g/mol. The maximum Gasteiger partial charge on any atom is 0.269 e. The lowest BCUT2D eigenvalue weighted by atomic mass is 10.2. The van der Waals surface area contributed by atoms with Crippen molar-refractivity contribution in [1.29, 1.82) is 0 Å². The van der Waals surface area contributed by atoms with Crippen LogP contribution in [0.15, 0.2) is 66.0 Å². The van der Waals surface area contributed by atoms with E-state index in [1.165, 1.54) is 30.0 Å². The van der Waals surface area contributed by atoms with Crippen LogP contribution >= 0.6 is 11.8 Å². The summed E-state index contributed by atoms with van der Waals surface area (Å²) in [5.74, 6) is 1.23. The van der Waals surface area contributed by atoms with Gasteiger partial charge in [-0.05, 0) is 29.8 Å². The first-order valence-corrected chi connectivity index (χ1v) is 10.5. The summed E-state index contributed by atoms with van der Waals surface area (Å²) in [6.45, 7) is 3.27. The van der Waals surface area contributed by atoms with Gasteiger partial charge in [0.15, 0.2) is 0 Å². The molecule has 30 heavy (non-hydrogen) atoms. The molecular formula is C21H20FN5O2S. The molecule has 1 saturated heterocycles. The van der Waals surface area contributed by atoms with Crippen LogP contribution in [0.3, 0.4) is 0 Å². The topological polar surface area (TPSA) is 75.4 Å². The standard InChI is InChI=1S/C21H20FN5O2S/c22-17-4-6-18(7-5-17)25-8-10-26(11-9-25)20-13-21(24-15-23-20)30-14-16-2-1-3-19(12-16)27(28)29/h1-7,12-13,15H,8-11,14H2. The Morgan fingerprint density at radius 3 is 2.47 bits per heavy atom. The van der Waals surface area contributed by atoms with Crippen LogP contribution in [0.5, 0.6) is 0 Å². The van der Waals surface area contributed by atoms with E-state index in [1.54, 1.807) is 30.6 Å². The molecule has 0 N–H and O–H groups in total. The highest BCUT2D eigenvalue weighted by Gasteiger charge is 2.19. The summed E-state index contributed by atoms with van der Waals surface area (Å²) in [6.07, 6.45) is 1.55. The minimum atomic E-state index is -0.386. The fourth-order valence-electron chi connectivity index (χ4n) is 3.34. The molecule has 9 heteroatoms. The van der Waals surface area contributed by atoms with Crippen LogP contribution in [-0.2, 0) is 5.75 Å². The van der Waals surface area contributed by atoms with Gasteiger partial charge in [0.1, 0.15) is 23.0 Å². The van der Waals surface area contributed by atoms with Crippen molar-refractivity contribution in [1.82, 2.24) is 9.97 Å². The van der Waals surface area contributed by atoms with Crippen LogP contribution in [0.2, 0.25) is 0 Å². The molecule has 0 unspecified atom stereocenters. The second-order valence-electron chi connectivity index (χ2n) is 6.88. The number of hydrogen-bond acceptors (Lipinski definition) is 7. The number of nitro groups is 1. The molecule has 0 spiro atoms. The van der Waals surface area contributed by atoms with E-state index in [0.717, 1.165) is 48.3 Å². The molecule has 7 nitrogen and oxygen atoms in total. The SMILES string of the molecule is O=[N+]([O-])c1cccc(CSc2cc(N3CCN(c4ccc(F)cc4)CC3)ncn2)c1. The Balaban J connectivity index is 1.36. The van der Waals surface area contributed by atoms with Gasteiger partial charge in [0.2, 0.25) is 0 Å². The van der Waals surface area contributed by atoms with Gasteiger partial charge in [-0.1, -0.05) is 12.1 Å². The average Bonchev–Trinajstić information content (AvgIpc) is 2.79. The lowest BCUT2D eigenvalue weighted by molar-refractivity contribution is -0.384. The minimum Gasteiger partial charge on any atom is -0.368 e. The fourth-order valence-corrected chi connectivity index (χ4v) is 4.15. The number of piperazine rings is 1. The first-order valence-electron chi connectivity index (χ1n) is 9.52. The summed E-state index contributed by atoms with van der Waals surface area (Å²) >= 11 is 1.52. The predicted molar refractivity (Wildman–Crippen MR) is 116 cm³/mol. The number of non-ortho nitro benzene ring substituents is 1. The number of anilines is 2. The first-order chi connectivity index (χ1) is 14.6. The number of nitrogens with zero attached hydrogens (tertiary/aromatic N) is 5. The molecule has 0 atom stereocenters. The third-order valence-corrected chi connectivity index (χ3v) is 5.93. The quantitative estimate of drug-likeness (QED) is 0.254. The van der Waals surface area contributed by atoms with Crippen molar-refractivity contribution >= 4 is 29.0 Å². The smallest absolute Gasteiger partial charge is 0.269 e. The highest BCUT2D eigenvalue weighted by molar-refractivity contribution is 7.98. The Labute approximate surface area is 177 Å². The van der Waals surface area contributed by atoms with Gasteiger partial charge in [-0.2, -0.15) is 0 Å². The summed E-state index contributed by atoms with van der Waals surface area (Å²) in [5.41, 5.74) is 1.99. The van der Waals surface area contributed by atoms with Crippen LogP contribution in [0, 0.1) is 15.9 Å². The van der Waals surface area contributed by atoms with Gasteiger partial charge in [-0.3, -0.25) is 10.1 Å². The number of rotatable bonds is 6. The van der Waals surface area contributed by atoms with Crippen molar-refractivity contribution in [2.45, 2.75) is 10.8 Å². The molecule has 0 aliphatic carbocycles. The Morgan fingerprint density at radius 1 is 1.00 bits per heavy atom. The number of thioether (sulfide) groups is 1. The molecule has 3 aromatic rings. The van der Waals surface area contributed by atoms with Crippen molar-refractivity contribution in [2.75, 3.05) is 36.0 Å². The van der Waals surface area contributed by atoms with Crippen molar-refractivity contribution < 1.29 is 9.31 Å². The Bertz CT molecular complexity index is 1030. The van der Waals surface area contributed by atoms with Gasteiger partial charge in [-0.25, -0.2) is 14.4 Å². The summed E-state index contributed by atoms with van der Waals surface area (Å²) in [7, 11) is 0. The van der Waals surface area contributed by atoms with Gasteiger partial charge < -0.3 is 9.80 Å². The number of benzene rings is 2. The first kappa shape index (κ1) is 20.1. The number of halogens is 1. The fraction of sp³-hybridized carbons (Fsp3) is 0.238. The molecule has 154 valence electrons. The Morgan fingerprint density at radius 2 is 1.73 bits per heavy atom. The van der Waals surface area contributed by atoms with E-state index in [4.69, 9.17) is 0 Å². The second-order valence-corrected chi connectivity index (χ2v) is 7.88. The van der Waals surface area contributed by atoms with E-state index in [2.05, 4.69) is 19.8 Å². The highest BCUT2D eigenvalue weighted by Crippen LogP contribution is 2.26. The molecule has 1 fully saturated rings. The van der Waals surface area contributed by atoms with Crippen molar-refractivity contribution in [2.24, 2.45) is 0 Å². The van der Waals surface area contributed by atoms with E-state index in [9.17, 15) is 14.5 Å². The monoisotopic (exact) mass is 425 g/mol. The van der Waals surface area contributed by atoms with E-state index >= 15 is 0 Å². The normalized spacial score (nSPS) is 14.0. The second kappa shape index (κ2) is 9.08. The number of hydrogen-bond donors (Lipinski definition) is 0. The minimum absolute atomic E-state index is 0.0931. The number of nitro benzene ring substituents is 1. The van der Waals surface area contributed by atoms with E-state index in [-0.39, 0.29) is 16.4 Å². The molecule has 0 amide bonds. The van der Waals surface area contributed by atoms with E-state index in [0.29, 0.717) is 5.75 Å². The zero-order valence-corrected chi connectivity index (χ0v) is 17.0. The maximum absolute atomic E-state index is 13.1. The largest absolute Gasteiger partial charge is 0.368 e. The molecule has 0 saturated carbocycles. The third kappa shape index (κ3) is 4.85. The molecule has 2 aromatic carbocycles. The predicted octanol–water partition coefficient (Wildman–Crippen LogP) is 4.14. The molecule has 1 aliphatic heterocycles. The Kier molecular flexibility index (Phi) is 6.08. The zero-order valence-electron chi connectivity index (χ0n) is 16.1. The molecule has 0 bridgehead atoms. The van der Waals surface area contributed by atoms with Crippen LogP contribution in [0.4, 0.5) is 21.6 Å². The van der Waals surface area contributed by atoms with Crippen molar-refractivity contribution in [3.05, 3.63) is 82.4 Å². The molecule has 1 aliphatic rings. The van der Waals surface area contributed by atoms with Gasteiger partial charge in [0.25, 0.3) is 5.69 Å². The van der Waals surface area contributed by atoms with Gasteiger partial charge in [-0.15, -0.1) is 11.8 Å². The number of aromatic nitrogens is 2. The van der Waals surface area contributed by atoms with E-state index < -0.39 is 0 Å². The van der Waals surface area contributed by atoms with Gasteiger partial charge in [0, 0.05) is 55.8 Å². The molecular weight excluding hydrogens is 405 g/mol. The van der Waals surface area contributed by atoms with Gasteiger partial charge in [0.05, 0.1) is 4.92 Å². The van der Waals surface area contributed by atoms with Crippen molar-refractivity contribution in [3.8, 4) is 0 Å². The van der Waals surface area contributed by atoms with Crippen LogP contribution < -0.4 is 9.80 Å². The zero-order chi connectivity index (χ0) is 20.9. The summed E-state index contributed by atoms with van der Waals surface area (Å²) in [5, 5.41) is 11.8. The summed E-state index contributed by atoms with van der Waals surface area (Å²) in [6, 6.07) is 15.2. The van der Waals surface area contributed by atoms with Gasteiger partial charge >= 0.3 is 0 Å². The third-order valence-electron chi connectivity index (χ3n) is 4.93. The Hall–Kier alpha value is -3.20. The maximum atomic E-state index is 13.1. The molecule has 1 aromatic heterocycles. The lowest BCUT2D eigenvalue weighted by Crippen LogP contribution is -2.46. The highest BCUT2D eigenvalue weighted by atomic mass is 32.2. The summed E-state index contributed by atoms with van der Waals surface area (Å²) < 4.78 is 13.1. The molecule has 4 rings (SSSR count). The van der Waals surface area contributed by atoms with Crippen LogP contribution in [0.1, 0.15) is 5.56 Å². The molecule has 0 radical (unpaired) electrons. The van der Waals surface area contributed by atoms with Crippen LogP contribution in [0.25, 0.3) is 0 Å². The molecule has 2 heterocycles. The lowest BCUT2D eigenvalue weighted by Gasteiger charge is -2.36. The van der Waals surface area contributed by atoms with Crippen LogP contribution in [-0.4, -0.2) is 41.1 Å². The van der Waals surface area contributed by atoms with Crippen molar-refractivity contribution in [3.63, 3.8) is 0 Å². The van der Waals surface area contributed by atoms with E-state index in [1.807, 2.05) is 12.1 Å². The summed E-state index contributed by atoms with van der Waals surface area (Å²) in [4.78, 5) is 23.7.